The number of aliphatic hydroxyl groups excluding tert-OH is 2. The van der Waals surface area contributed by atoms with Crippen molar-refractivity contribution < 1.29 is 24.5 Å². The molecule has 4 aliphatic carbocycles. The maximum absolute atomic E-state index is 13.2. The van der Waals surface area contributed by atoms with Crippen LogP contribution in [0.4, 0.5) is 0 Å². The van der Waals surface area contributed by atoms with Crippen LogP contribution >= 0.6 is 0 Å². The van der Waals surface area contributed by atoms with Crippen molar-refractivity contribution in [3.05, 3.63) is 0 Å². The second-order valence-corrected chi connectivity index (χ2v) is 11.4. The van der Waals surface area contributed by atoms with Crippen LogP contribution in [0.1, 0.15) is 89.9 Å². The average Bonchev–Trinajstić information content (AvgIpc) is 3.16. The molecule has 0 aromatic rings. The van der Waals surface area contributed by atoms with Gasteiger partial charge in [-0.1, -0.05) is 0 Å². The van der Waals surface area contributed by atoms with Crippen molar-refractivity contribution in [1.29, 1.82) is 0 Å². The Morgan fingerprint density at radius 2 is 0.871 bits per heavy atom. The summed E-state index contributed by atoms with van der Waals surface area (Å²) >= 11 is 0. The largest absolute Gasteiger partial charge is 0.393 e. The predicted molar refractivity (Wildman–Crippen MR) is 116 cm³/mol. The first-order valence-electron chi connectivity index (χ1n) is 13.1. The lowest BCUT2D eigenvalue weighted by Gasteiger charge is -2.38. The van der Waals surface area contributed by atoms with Crippen molar-refractivity contribution in [1.82, 2.24) is 0 Å². The molecule has 1 heterocycles. The Morgan fingerprint density at radius 1 is 0.516 bits per heavy atom. The minimum absolute atomic E-state index is 0.144. The van der Waals surface area contributed by atoms with Crippen molar-refractivity contribution in [3.63, 3.8) is 0 Å². The topological polar surface area (TPSA) is 83.8 Å². The van der Waals surface area contributed by atoms with Crippen molar-refractivity contribution in [2.45, 2.75) is 114 Å². The number of rotatable bonds is 4. The molecule has 1 aliphatic heterocycles. The Balaban J connectivity index is 1.20. The van der Waals surface area contributed by atoms with Crippen LogP contribution in [0.2, 0.25) is 0 Å². The molecule has 0 aromatic heterocycles. The Morgan fingerprint density at radius 3 is 1.26 bits per heavy atom. The number of fused-ring (bicyclic) bond motifs is 3. The first kappa shape index (κ1) is 22.0. The molecule has 5 fully saturated rings. The van der Waals surface area contributed by atoms with Gasteiger partial charge < -0.3 is 14.9 Å². The van der Waals surface area contributed by atoms with Crippen LogP contribution in [-0.2, 0) is 14.3 Å². The summed E-state index contributed by atoms with van der Waals surface area (Å²) in [5.41, 5.74) is 0. The normalized spacial score (nSPS) is 47.9. The van der Waals surface area contributed by atoms with Crippen molar-refractivity contribution in [2.75, 3.05) is 0 Å². The summed E-state index contributed by atoms with van der Waals surface area (Å²) in [4.78, 5) is 26.4. The van der Waals surface area contributed by atoms with E-state index in [1.54, 1.807) is 0 Å². The molecule has 5 rings (SSSR count). The lowest BCUT2D eigenvalue weighted by Crippen LogP contribution is -2.39. The first-order chi connectivity index (χ1) is 15.0. The molecule has 0 aromatic carbocycles. The van der Waals surface area contributed by atoms with Gasteiger partial charge in [-0.2, -0.15) is 0 Å². The van der Waals surface area contributed by atoms with E-state index in [0.717, 1.165) is 89.9 Å². The molecule has 5 aliphatic rings. The van der Waals surface area contributed by atoms with Crippen molar-refractivity contribution in [3.8, 4) is 0 Å². The van der Waals surface area contributed by atoms with Gasteiger partial charge in [0, 0.05) is 23.7 Å². The van der Waals surface area contributed by atoms with Gasteiger partial charge in [-0.25, -0.2) is 0 Å². The van der Waals surface area contributed by atoms with Gasteiger partial charge in [0.25, 0.3) is 0 Å². The van der Waals surface area contributed by atoms with E-state index in [0.29, 0.717) is 23.4 Å². The molecule has 1 saturated heterocycles. The summed E-state index contributed by atoms with van der Waals surface area (Å²) in [6.45, 7) is 0. The second kappa shape index (κ2) is 9.23. The van der Waals surface area contributed by atoms with Gasteiger partial charge in [-0.15, -0.1) is 0 Å². The second-order valence-electron chi connectivity index (χ2n) is 11.4. The number of carbonyl (C=O) groups excluding carboxylic acids is 2. The number of hydrogen-bond acceptors (Lipinski definition) is 5. The van der Waals surface area contributed by atoms with E-state index in [1.807, 2.05) is 0 Å². The van der Waals surface area contributed by atoms with Crippen LogP contribution in [0.15, 0.2) is 0 Å². The van der Waals surface area contributed by atoms with Crippen LogP contribution in [0.5, 0.6) is 0 Å². The molecule has 6 atom stereocenters. The van der Waals surface area contributed by atoms with E-state index in [4.69, 9.17) is 4.74 Å². The summed E-state index contributed by atoms with van der Waals surface area (Å²) in [5.74, 6) is 2.35. The fraction of sp³-hybridized carbons (Fsp3) is 0.923. The highest BCUT2D eigenvalue weighted by molar-refractivity contribution is 5.84. The summed E-state index contributed by atoms with van der Waals surface area (Å²) in [5, 5.41) is 19.6. The fourth-order valence-corrected chi connectivity index (χ4v) is 7.72. The zero-order valence-corrected chi connectivity index (χ0v) is 18.8. The summed E-state index contributed by atoms with van der Waals surface area (Å²) < 4.78 is 6.46. The molecule has 0 radical (unpaired) electrons. The molecule has 0 spiro atoms. The third-order valence-electron chi connectivity index (χ3n) is 9.57. The molecule has 0 bridgehead atoms. The molecular formula is C26H40O5. The van der Waals surface area contributed by atoms with Crippen LogP contribution in [0.3, 0.4) is 0 Å². The van der Waals surface area contributed by atoms with Crippen molar-refractivity contribution in [2.24, 2.45) is 35.5 Å². The highest BCUT2D eigenvalue weighted by Crippen LogP contribution is 2.51. The zero-order valence-electron chi connectivity index (χ0n) is 18.8. The highest BCUT2D eigenvalue weighted by Gasteiger charge is 2.51. The van der Waals surface area contributed by atoms with Gasteiger partial charge in [0.2, 0.25) is 0 Å². The monoisotopic (exact) mass is 432 g/mol. The maximum Gasteiger partial charge on any atom is 0.139 e. The van der Waals surface area contributed by atoms with E-state index in [2.05, 4.69) is 0 Å². The number of ketones is 2. The van der Waals surface area contributed by atoms with Gasteiger partial charge in [-0.05, 0) is 102 Å². The van der Waals surface area contributed by atoms with E-state index in [1.165, 1.54) is 0 Å². The Kier molecular flexibility index (Phi) is 6.56. The molecule has 2 N–H and O–H groups in total. The molecule has 174 valence electrons. The van der Waals surface area contributed by atoms with Gasteiger partial charge in [0.05, 0.1) is 24.4 Å². The molecule has 4 saturated carbocycles. The quantitative estimate of drug-likeness (QED) is 0.705. The smallest absolute Gasteiger partial charge is 0.139 e. The number of carbonyl (C=O) groups is 2. The predicted octanol–water partition coefficient (Wildman–Crippen LogP) is 3.83. The van der Waals surface area contributed by atoms with Crippen LogP contribution < -0.4 is 0 Å². The zero-order chi connectivity index (χ0) is 21.5. The number of hydrogen-bond donors (Lipinski definition) is 2. The van der Waals surface area contributed by atoms with Gasteiger partial charge >= 0.3 is 0 Å². The van der Waals surface area contributed by atoms with E-state index in [9.17, 15) is 19.8 Å². The lowest BCUT2D eigenvalue weighted by molar-refractivity contribution is -0.132. The van der Waals surface area contributed by atoms with Crippen LogP contribution in [0, 0.1) is 35.5 Å². The molecule has 5 heteroatoms. The molecule has 5 nitrogen and oxygen atoms in total. The molecular weight excluding hydrogens is 392 g/mol. The number of ether oxygens (including phenoxy) is 1. The Bertz CT molecular complexity index is 605. The Labute approximate surface area is 186 Å². The molecule has 0 amide bonds. The third kappa shape index (κ3) is 4.52. The minimum atomic E-state index is -0.215. The maximum atomic E-state index is 13.2. The van der Waals surface area contributed by atoms with E-state index in [-0.39, 0.29) is 48.1 Å². The summed E-state index contributed by atoms with van der Waals surface area (Å²) in [7, 11) is 0. The molecule has 31 heavy (non-hydrogen) atoms. The van der Waals surface area contributed by atoms with Crippen LogP contribution in [0.25, 0.3) is 0 Å². The third-order valence-corrected chi connectivity index (χ3v) is 9.57. The first-order valence-corrected chi connectivity index (χ1v) is 13.1. The van der Waals surface area contributed by atoms with E-state index < -0.39 is 0 Å². The lowest BCUT2D eigenvalue weighted by atomic mass is 9.64. The average molecular weight is 433 g/mol. The SMILES string of the molecule is O=C(C1CCC(O)CC1)C1CCC2OC3CCC(C(=O)C4CCC(O)CC4)CC3C2C1. The Hall–Kier alpha value is -0.780. The van der Waals surface area contributed by atoms with Gasteiger partial charge in [-0.3, -0.25) is 9.59 Å². The standard InChI is InChI=1S/C26H40O5/c27-19-7-1-15(2-8-19)25(29)17-5-11-23-21(13-17)22-14-18(6-12-24(22)31-23)26(30)16-3-9-20(28)10-4-16/h15-24,27-28H,1-14H2. The summed E-state index contributed by atoms with van der Waals surface area (Å²) in [6.07, 6.45) is 12.4. The van der Waals surface area contributed by atoms with Gasteiger partial charge in [0.1, 0.15) is 11.6 Å². The fourth-order valence-electron chi connectivity index (χ4n) is 7.72. The summed E-state index contributed by atoms with van der Waals surface area (Å²) in [6, 6.07) is 0. The number of Topliss-reactive ketones (excluding diaryl/α,β-unsaturated/α-hetero) is 2. The minimum Gasteiger partial charge on any atom is -0.393 e. The van der Waals surface area contributed by atoms with Gasteiger partial charge in [0.15, 0.2) is 0 Å². The highest BCUT2D eigenvalue weighted by atomic mass is 16.5. The van der Waals surface area contributed by atoms with E-state index >= 15 is 0 Å². The number of aliphatic hydroxyl groups is 2. The van der Waals surface area contributed by atoms with Crippen molar-refractivity contribution >= 4 is 11.6 Å². The van der Waals surface area contributed by atoms with Crippen LogP contribution in [-0.4, -0.2) is 46.2 Å². The molecule has 6 unspecified atom stereocenters.